The highest BCUT2D eigenvalue weighted by Crippen LogP contribution is 2.29. The molecule has 1 aliphatic carbocycles. The maximum absolute atomic E-state index is 13.4. The zero-order valence-corrected chi connectivity index (χ0v) is 12.9. The van der Waals surface area contributed by atoms with Crippen molar-refractivity contribution >= 4 is 5.91 Å². The van der Waals surface area contributed by atoms with Gasteiger partial charge in [0.15, 0.2) is 0 Å². The molecule has 1 saturated carbocycles. The van der Waals surface area contributed by atoms with E-state index in [0.29, 0.717) is 23.9 Å². The Morgan fingerprint density at radius 1 is 1.29 bits per heavy atom. The van der Waals surface area contributed by atoms with E-state index in [0.717, 1.165) is 6.42 Å². The first-order valence-electron chi connectivity index (χ1n) is 7.81. The molecule has 116 valence electrons. The molecule has 21 heavy (non-hydrogen) atoms. The highest BCUT2D eigenvalue weighted by atomic mass is 19.1. The molecule has 0 aromatic heterocycles. The molecule has 0 saturated heterocycles. The standard InChI is InChI=1S/C17H25FN2O/c1-12-6-5-9-16(13(12)2)20-17(21)11-19-10-14-7-3-4-8-15(14)18/h3-4,7-8,12-13,16,19H,5-6,9-11H2,1-2H3,(H,20,21)/t12-,13+,16+/m0/s1. The number of carbonyl (C=O) groups excluding carboxylic acids is 1. The zero-order valence-electron chi connectivity index (χ0n) is 12.9. The lowest BCUT2D eigenvalue weighted by Gasteiger charge is -2.34. The van der Waals surface area contributed by atoms with Crippen LogP contribution in [0.2, 0.25) is 0 Å². The molecule has 0 spiro atoms. The second-order valence-corrected chi connectivity index (χ2v) is 6.14. The number of nitrogens with one attached hydrogen (secondary N) is 2. The average molecular weight is 292 g/mol. The lowest BCUT2D eigenvalue weighted by molar-refractivity contribution is -0.121. The van der Waals surface area contributed by atoms with Crippen LogP contribution >= 0.6 is 0 Å². The second-order valence-electron chi connectivity index (χ2n) is 6.14. The molecular weight excluding hydrogens is 267 g/mol. The number of hydrogen-bond acceptors (Lipinski definition) is 2. The lowest BCUT2D eigenvalue weighted by atomic mass is 9.78. The Morgan fingerprint density at radius 2 is 2.05 bits per heavy atom. The summed E-state index contributed by atoms with van der Waals surface area (Å²) in [5, 5.41) is 6.11. The normalized spacial score (nSPS) is 25.6. The van der Waals surface area contributed by atoms with Gasteiger partial charge in [0, 0.05) is 18.2 Å². The summed E-state index contributed by atoms with van der Waals surface area (Å²) in [6.07, 6.45) is 3.49. The molecule has 4 heteroatoms. The van der Waals surface area contributed by atoms with E-state index in [4.69, 9.17) is 0 Å². The number of halogens is 1. The first kappa shape index (κ1) is 16.0. The van der Waals surface area contributed by atoms with Gasteiger partial charge in [-0.05, 0) is 24.3 Å². The summed E-state index contributed by atoms with van der Waals surface area (Å²) in [6, 6.07) is 6.90. The summed E-state index contributed by atoms with van der Waals surface area (Å²) >= 11 is 0. The fraction of sp³-hybridized carbons (Fsp3) is 0.588. The number of amides is 1. The van der Waals surface area contributed by atoms with Gasteiger partial charge in [-0.25, -0.2) is 4.39 Å². The topological polar surface area (TPSA) is 41.1 Å². The van der Waals surface area contributed by atoms with Crippen LogP contribution in [0.15, 0.2) is 24.3 Å². The van der Waals surface area contributed by atoms with E-state index < -0.39 is 0 Å². The molecule has 3 atom stereocenters. The van der Waals surface area contributed by atoms with Gasteiger partial charge in [-0.1, -0.05) is 44.9 Å². The third-order valence-corrected chi connectivity index (χ3v) is 4.61. The van der Waals surface area contributed by atoms with Crippen LogP contribution in [-0.2, 0) is 11.3 Å². The maximum Gasteiger partial charge on any atom is 0.234 e. The van der Waals surface area contributed by atoms with Crippen molar-refractivity contribution in [3.8, 4) is 0 Å². The van der Waals surface area contributed by atoms with Crippen LogP contribution in [0.4, 0.5) is 4.39 Å². The molecule has 0 unspecified atom stereocenters. The van der Waals surface area contributed by atoms with Crippen molar-refractivity contribution in [1.29, 1.82) is 0 Å². The Kier molecular flexibility index (Phi) is 5.74. The predicted octanol–water partition coefficient (Wildman–Crippen LogP) is 2.86. The molecule has 1 aromatic rings. The van der Waals surface area contributed by atoms with Crippen LogP contribution in [-0.4, -0.2) is 18.5 Å². The Morgan fingerprint density at radius 3 is 2.81 bits per heavy atom. The molecule has 1 aromatic carbocycles. The van der Waals surface area contributed by atoms with Crippen molar-refractivity contribution in [1.82, 2.24) is 10.6 Å². The van der Waals surface area contributed by atoms with Gasteiger partial charge in [0.2, 0.25) is 5.91 Å². The largest absolute Gasteiger partial charge is 0.352 e. The number of carbonyl (C=O) groups is 1. The summed E-state index contributed by atoms with van der Waals surface area (Å²) in [5.74, 6) is 0.946. The molecular formula is C17H25FN2O. The molecule has 0 bridgehead atoms. The predicted molar refractivity (Wildman–Crippen MR) is 82.2 cm³/mol. The summed E-state index contributed by atoms with van der Waals surface area (Å²) in [7, 11) is 0. The Bertz CT molecular complexity index is 478. The molecule has 1 aliphatic rings. The molecule has 2 N–H and O–H groups in total. The van der Waals surface area contributed by atoms with E-state index >= 15 is 0 Å². The first-order valence-corrected chi connectivity index (χ1v) is 7.81. The quantitative estimate of drug-likeness (QED) is 0.876. The van der Waals surface area contributed by atoms with Crippen molar-refractivity contribution in [2.45, 2.75) is 45.7 Å². The molecule has 0 heterocycles. The number of hydrogen-bond donors (Lipinski definition) is 2. The molecule has 0 aliphatic heterocycles. The van der Waals surface area contributed by atoms with E-state index in [9.17, 15) is 9.18 Å². The minimum atomic E-state index is -0.236. The third-order valence-electron chi connectivity index (χ3n) is 4.61. The summed E-state index contributed by atoms with van der Waals surface area (Å²) in [5.41, 5.74) is 0.588. The average Bonchev–Trinajstić information content (AvgIpc) is 2.46. The highest BCUT2D eigenvalue weighted by Gasteiger charge is 2.27. The van der Waals surface area contributed by atoms with Gasteiger partial charge >= 0.3 is 0 Å². The Balaban J connectivity index is 1.74. The lowest BCUT2D eigenvalue weighted by Crippen LogP contribution is -2.46. The smallest absolute Gasteiger partial charge is 0.234 e. The SMILES string of the molecule is C[C@@H]1[C@@H](C)CCC[C@H]1NC(=O)CNCc1ccccc1F. The molecule has 0 radical (unpaired) electrons. The van der Waals surface area contributed by atoms with Crippen LogP contribution in [0.1, 0.15) is 38.7 Å². The van der Waals surface area contributed by atoms with Crippen molar-refractivity contribution in [2.75, 3.05) is 6.54 Å². The van der Waals surface area contributed by atoms with Gasteiger partial charge < -0.3 is 10.6 Å². The van der Waals surface area contributed by atoms with Crippen LogP contribution in [0.5, 0.6) is 0 Å². The van der Waals surface area contributed by atoms with E-state index in [1.165, 1.54) is 18.9 Å². The molecule has 3 nitrogen and oxygen atoms in total. The van der Waals surface area contributed by atoms with E-state index in [2.05, 4.69) is 24.5 Å². The second kappa shape index (κ2) is 7.55. The van der Waals surface area contributed by atoms with E-state index in [1.807, 2.05) is 0 Å². The van der Waals surface area contributed by atoms with Gasteiger partial charge in [0.1, 0.15) is 5.82 Å². The zero-order chi connectivity index (χ0) is 15.2. The third kappa shape index (κ3) is 4.53. The Labute approximate surface area is 126 Å². The summed E-state index contributed by atoms with van der Waals surface area (Å²) in [6.45, 7) is 5.06. The van der Waals surface area contributed by atoms with Crippen molar-refractivity contribution in [2.24, 2.45) is 11.8 Å². The van der Waals surface area contributed by atoms with Gasteiger partial charge in [0.25, 0.3) is 0 Å². The van der Waals surface area contributed by atoms with E-state index in [1.54, 1.807) is 18.2 Å². The minimum absolute atomic E-state index is 0.00251. The highest BCUT2D eigenvalue weighted by molar-refractivity contribution is 5.78. The van der Waals surface area contributed by atoms with Crippen LogP contribution in [0.25, 0.3) is 0 Å². The fourth-order valence-electron chi connectivity index (χ4n) is 3.00. The van der Waals surface area contributed by atoms with Crippen molar-refractivity contribution in [3.05, 3.63) is 35.6 Å². The minimum Gasteiger partial charge on any atom is -0.352 e. The maximum atomic E-state index is 13.4. The molecule has 1 fully saturated rings. The fourth-order valence-corrected chi connectivity index (χ4v) is 3.00. The van der Waals surface area contributed by atoms with Gasteiger partial charge in [-0.3, -0.25) is 4.79 Å². The molecule has 2 rings (SSSR count). The van der Waals surface area contributed by atoms with Gasteiger partial charge in [-0.15, -0.1) is 0 Å². The summed E-state index contributed by atoms with van der Waals surface area (Å²) < 4.78 is 13.4. The summed E-state index contributed by atoms with van der Waals surface area (Å²) in [4.78, 5) is 12.0. The molecule has 1 amide bonds. The van der Waals surface area contributed by atoms with Crippen molar-refractivity contribution in [3.63, 3.8) is 0 Å². The monoisotopic (exact) mass is 292 g/mol. The van der Waals surface area contributed by atoms with E-state index in [-0.39, 0.29) is 24.3 Å². The van der Waals surface area contributed by atoms with Crippen LogP contribution < -0.4 is 10.6 Å². The van der Waals surface area contributed by atoms with Gasteiger partial charge in [-0.2, -0.15) is 0 Å². The number of benzene rings is 1. The van der Waals surface area contributed by atoms with Crippen LogP contribution in [0.3, 0.4) is 0 Å². The van der Waals surface area contributed by atoms with Gasteiger partial charge in [0.05, 0.1) is 6.54 Å². The first-order chi connectivity index (χ1) is 10.1. The number of rotatable bonds is 5. The van der Waals surface area contributed by atoms with Crippen molar-refractivity contribution < 1.29 is 9.18 Å². The van der Waals surface area contributed by atoms with Crippen LogP contribution in [0, 0.1) is 17.7 Å². The Hall–Kier alpha value is -1.42.